The van der Waals surface area contributed by atoms with Crippen molar-refractivity contribution in [2.24, 2.45) is 0 Å². The van der Waals surface area contributed by atoms with Gasteiger partial charge in [-0.25, -0.2) is 13.1 Å². The fourth-order valence-corrected chi connectivity index (χ4v) is 4.26. The molecule has 8 heteroatoms. The van der Waals surface area contributed by atoms with Gasteiger partial charge in [-0.1, -0.05) is 6.07 Å². The minimum absolute atomic E-state index is 0.0662. The minimum Gasteiger partial charge on any atom is -0.377 e. The van der Waals surface area contributed by atoms with Gasteiger partial charge in [-0.15, -0.1) is 0 Å². The van der Waals surface area contributed by atoms with Crippen LogP contribution in [0.5, 0.6) is 0 Å². The summed E-state index contributed by atoms with van der Waals surface area (Å²) in [5.41, 5.74) is 1.08. The van der Waals surface area contributed by atoms with Crippen LogP contribution in [0.2, 0.25) is 0 Å². The number of rotatable bonds is 6. The Hall–Kier alpha value is -1.49. The molecule has 26 heavy (non-hydrogen) atoms. The molecule has 1 fully saturated rings. The number of hydrogen-bond donors (Lipinski definition) is 2. The molecule has 138 valence electrons. The van der Waals surface area contributed by atoms with Gasteiger partial charge in [0, 0.05) is 28.0 Å². The van der Waals surface area contributed by atoms with Crippen molar-refractivity contribution in [3.63, 3.8) is 0 Å². The molecule has 1 unspecified atom stereocenters. The Morgan fingerprint density at radius 3 is 2.62 bits per heavy atom. The van der Waals surface area contributed by atoms with Crippen molar-refractivity contribution in [1.82, 2.24) is 4.72 Å². The molecule has 0 aromatic heterocycles. The van der Waals surface area contributed by atoms with Gasteiger partial charge in [-0.2, -0.15) is 0 Å². The van der Waals surface area contributed by atoms with Crippen LogP contribution in [0.1, 0.15) is 23.2 Å². The van der Waals surface area contributed by atoms with E-state index in [-0.39, 0.29) is 23.5 Å². The summed E-state index contributed by atoms with van der Waals surface area (Å²) in [6.07, 6.45) is 1.75. The number of carbonyl (C=O) groups is 1. The highest BCUT2D eigenvalue weighted by Gasteiger charge is 2.20. The van der Waals surface area contributed by atoms with Crippen LogP contribution in [0.4, 0.5) is 5.69 Å². The highest BCUT2D eigenvalue weighted by Crippen LogP contribution is 2.16. The number of benzene rings is 2. The molecule has 0 bridgehead atoms. The predicted molar refractivity (Wildman–Crippen MR) is 108 cm³/mol. The smallest absolute Gasteiger partial charge is 0.255 e. The molecule has 0 radical (unpaired) electrons. The number of amides is 1. The molecule has 1 atom stereocenters. The van der Waals surface area contributed by atoms with Crippen molar-refractivity contribution in [2.75, 3.05) is 18.5 Å². The molecule has 6 nitrogen and oxygen atoms in total. The lowest BCUT2D eigenvalue weighted by molar-refractivity contribution is 0.102. The van der Waals surface area contributed by atoms with Gasteiger partial charge in [0.2, 0.25) is 10.0 Å². The maximum absolute atomic E-state index is 12.3. The number of halogens is 1. The fraction of sp³-hybridized carbons (Fsp3) is 0.278. The number of sulfonamides is 1. The summed E-state index contributed by atoms with van der Waals surface area (Å²) >= 11 is 2.17. The van der Waals surface area contributed by atoms with Crippen molar-refractivity contribution in [3.8, 4) is 0 Å². The average molecular weight is 486 g/mol. The van der Waals surface area contributed by atoms with Crippen molar-refractivity contribution < 1.29 is 17.9 Å². The second kappa shape index (κ2) is 8.47. The minimum atomic E-state index is -3.62. The lowest BCUT2D eigenvalue weighted by Gasteiger charge is -2.12. The lowest BCUT2D eigenvalue weighted by Crippen LogP contribution is -2.31. The monoisotopic (exact) mass is 486 g/mol. The second-order valence-electron chi connectivity index (χ2n) is 5.98. The van der Waals surface area contributed by atoms with Crippen molar-refractivity contribution >= 4 is 44.2 Å². The highest BCUT2D eigenvalue weighted by molar-refractivity contribution is 14.1. The summed E-state index contributed by atoms with van der Waals surface area (Å²) in [4.78, 5) is 12.4. The molecule has 2 N–H and O–H groups in total. The first-order valence-electron chi connectivity index (χ1n) is 8.22. The van der Waals surface area contributed by atoms with E-state index >= 15 is 0 Å². The molecule has 2 aromatic carbocycles. The molecule has 1 amide bonds. The van der Waals surface area contributed by atoms with E-state index in [2.05, 4.69) is 32.6 Å². The number of hydrogen-bond acceptors (Lipinski definition) is 4. The van der Waals surface area contributed by atoms with Crippen LogP contribution in [0, 0.1) is 3.57 Å². The fourth-order valence-electron chi connectivity index (χ4n) is 2.65. The standard InChI is InChI=1S/C18H19IN2O4S/c19-14-3-1-4-15(11-14)21-18(22)13-6-8-17(9-7-13)26(23,24)20-12-16-5-2-10-25-16/h1,3-4,6-9,11,16,20H,2,5,10,12H2,(H,21,22). The second-order valence-corrected chi connectivity index (χ2v) is 8.99. The summed E-state index contributed by atoms with van der Waals surface area (Å²) in [6, 6.07) is 13.3. The zero-order valence-electron chi connectivity index (χ0n) is 13.9. The Labute approximate surface area is 166 Å². The van der Waals surface area contributed by atoms with Crippen LogP contribution >= 0.6 is 22.6 Å². The Balaban J connectivity index is 1.64. The van der Waals surface area contributed by atoms with E-state index < -0.39 is 10.0 Å². The van der Waals surface area contributed by atoms with Crippen LogP contribution < -0.4 is 10.0 Å². The topological polar surface area (TPSA) is 84.5 Å². The molecule has 1 aliphatic heterocycles. The molecule has 1 aliphatic rings. The summed E-state index contributed by atoms with van der Waals surface area (Å²) in [7, 11) is -3.62. The zero-order valence-corrected chi connectivity index (χ0v) is 16.9. The molecule has 2 aromatic rings. The van der Waals surface area contributed by atoms with Crippen LogP contribution in [-0.4, -0.2) is 33.6 Å². The average Bonchev–Trinajstić information content (AvgIpc) is 3.14. The summed E-state index contributed by atoms with van der Waals surface area (Å²) < 4.78 is 33.7. The highest BCUT2D eigenvalue weighted by atomic mass is 127. The van der Waals surface area contributed by atoms with Gasteiger partial charge < -0.3 is 10.1 Å². The zero-order chi connectivity index (χ0) is 18.6. The number of carbonyl (C=O) groups excluding carboxylic acids is 1. The Morgan fingerprint density at radius 2 is 1.96 bits per heavy atom. The lowest BCUT2D eigenvalue weighted by atomic mass is 10.2. The third kappa shape index (κ3) is 5.03. The molecular weight excluding hydrogens is 467 g/mol. The number of nitrogens with one attached hydrogen (secondary N) is 2. The van der Waals surface area contributed by atoms with Gasteiger partial charge in [0.1, 0.15) is 0 Å². The largest absolute Gasteiger partial charge is 0.377 e. The number of anilines is 1. The van der Waals surface area contributed by atoms with E-state index in [1.54, 1.807) is 6.07 Å². The van der Waals surface area contributed by atoms with Gasteiger partial charge in [0.15, 0.2) is 0 Å². The van der Waals surface area contributed by atoms with Gasteiger partial charge in [-0.3, -0.25) is 4.79 Å². The molecule has 0 aliphatic carbocycles. The maximum atomic E-state index is 12.3. The van der Waals surface area contributed by atoms with E-state index in [4.69, 9.17) is 4.74 Å². The molecule has 3 rings (SSSR count). The van der Waals surface area contributed by atoms with Crippen molar-refractivity contribution in [3.05, 3.63) is 57.7 Å². The number of ether oxygens (including phenoxy) is 1. The van der Waals surface area contributed by atoms with E-state index in [9.17, 15) is 13.2 Å². The van der Waals surface area contributed by atoms with Gasteiger partial charge in [-0.05, 0) is 77.9 Å². The molecule has 0 saturated carbocycles. The molecule has 0 spiro atoms. The van der Waals surface area contributed by atoms with Crippen molar-refractivity contribution in [1.29, 1.82) is 0 Å². The third-order valence-electron chi connectivity index (χ3n) is 4.03. The summed E-state index contributed by atoms with van der Waals surface area (Å²) in [5.74, 6) is -0.289. The Bertz CT molecular complexity index is 878. The van der Waals surface area contributed by atoms with Crippen LogP contribution in [0.15, 0.2) is 53.4 Å². The Morgan fingerprint density at radius 1 is 1.19 bits per heavy atom. The normalized spacial score (nSPS) is 17.2. The summed E-state index contributed by atoms with van der Waals surface area (Å²) in [6.45, 7) is 0.938. The van der Waals surface area contributed by atoms with E-state index in [1.807, 2.05) is 18.2 Å². The maximum Gasteiger partial charge on any atom is 0.255 e. The summed E-state index contributed by atoms with van der Waals surface area (Å²) in [5, 5.41) is 2.79. The van der Waals surface area contributed by atoms with E-state index in [1.165, 1.54) is 24.3 Å². The molecule has 1 heterocycles. The van der Waals surface area contributed by atoms with Gasteiger partial charge in [0.25, 0.3) is 5.91 Å². The predicted octanol–water partition coefficient (Wildman–Crippen LogP) is 3.00. The Kier molecular flexibility index (Phi) is 6.28. The van der Waals surface area contributed by atoms with Crippen molar-refractivity contribution in [2.45, 2.75) is 23.8 Å². The van der Waals surface area contributed by atoms with Crippen LogP contribution in [-0.2, 0) is 14.8 Å². The first-order chi connectivity index (χ1) is 12.4. The van der Waals surface area contributed by atoms with E-state index in [0.29, 0.717) is 17.9 Å². The van der Waals surface area contributed by atoms with Gasteiger partial charge >= 0.3 is 0 Å². The van der Waals surface area contributed by atoms with Crippen LogP contribution in [0.3, 0.4) is 0 Å². The molecule has 1 saturated heterocycles. The van der Waals surface area contributed by atoms with E-state index in [0.717, 1.165) is 16.4 Å². The first kappa shape index (κ1) is 19.3. The molecular formula is C18H19IN2O4S. The van der Waals surface area contributed by atoms with Crippen LogP contribution in [0.25, 0.3) is 0 Å². The third-order valence-corrected chi connectivity index (χ3v) is 6.14. The SMILES string of the molecule is O=C(Nc1cccc(I)c1)c1ccc(S(=O)(=O)NCC2CCCO2)cc1. The quantitative estimate of drug-likeness (QED) is 0.616. The van der Waals surface area contributed by atoms with Gasteiger partial charge in [0.05, 0.1) is 11.0 Å². The first-order valence-corrected chi connectivity index (χ1v) is 10.8.